The molecule has 0 aliphatic carbocycles. The van der Waals surface area contributed by atoms with Crippen LogP contribution in [-0.2, 0) is 23.1 Å². The van der Waals surface area contributed by atoms with E-state index in [2.05, 4.69) is 0 Å². The third-order valence-electron chi connectivity index (χ3n) is 2.48. The van der Waals surface area contributed by atoms with Crippen molar-refractivity contribution in [2.24, 2.45) is 11.8 Å². The first-order chi connectivity index (χ1) is 10.6. The maximum Gasteiger partial charge on any atom is 0.354 e. The molecule has 0 aromatic rings. The minimum atomic E-state index is -3.51. The van der Waals surface area contributed by atoms with Crippen molar-refractivity contribution >= 4 is 13.6 Å². The number of carbonyl (C=O) groups is 1. The maximum absolute atomic E-state index is 12.7. The molecule has 0 unspecified atom stereocenters. The Kier molecular flexibility index (Phi) is 10.1. The average molecular weight is 348 g/mol. The Bertz CT molecular complexity index is 459. The second-order valence-electron chi connectivity index (χ2n) is 5.95. The summed E-state index contributed by atoms with van der Waals surface area (Å²) >= 11 is 0. The second-order valence-corrected chi connectivity index (χ2v) is 7.85. The van der Waals surface area contributed by atoms with Crippen LogP contribution in [0.25, 0.3) is 0 Å². The van der Waals surface area contributed by atoms with Gasteiger partial charge in [-0.3, -0.25) is 4.57 Å². The van der Waals surface area contributed by atoms with Gasteiger partial charge in [0, 0.05) is 5.82 Å². The molecule has 0 bridgehead atoms. The highest BCUT2D eigenvalue weighted by atomic mass is 31.2. The van der Waals surface area contributed by atoms with Gasteiger partial charge in [-0.2, -0.15) is 0 Å². The van der Waals surface area contributed by atoms with Crippen molar-refractivity contribution in [3.63, 3.8) is 0 Å². The van der Waals surface area contributed by atoms with E-state index in [0.717, 1.165) is 0 Å². The van der Waals surface area contributed by atoms with Crippen molar-refractivity contribution < 1.29 is 28.3 Å². The molecule has 0 heterocycles. The average Bonchev–Trinajstić information content (AvgIpc) is 2.43. The fraction of sp³-hybridized carbons (Fsp3) is 0.688. The minimum Gasteiger partial charge on any atom is -0.512 e. The fourth-order valence-corrected chi connectivity index (χ4v) is 2.93. The summed E-state index contributed by atoms with van der Waals surface area (Å²) in [6, 6.07) is 0. The highest BCUT2D eigenvalue weighted by Crippen LogP contribution is 2.50. The van der Waals surface area contributed by atoms with Crippen LogP contribution in [0.15, 0.2) is 23.2 Å². The van der Waals surface area contributed by atoms with Gasteiger partial charge in [-0.05, 0) is 31.8 Å². The molecule has 0 atom stereocenters. The third-order valence-corrected chi connectivity index (χ3v) is 4.02. The highest BCUT2D eigenvalue weighted by molar-refractivity contribution is 7.57. The smallest absolute Gasteiger partial charge is 0.354 e. The standard InChI is InChI=1S/C16H29O6P/c1-7-20-16(18)15(14(6)17)8-9-23(19,21-10-12(2)3)22-11-13(4)5/h8-9,12-13,17H,7,10-11H2,1-6H3/b9-8+,15-14+. The van der Waals surface area contributed by atoms with Gasteiger partial charge in [0.25, 0.3) is 0 Å². The second kappa shape index (κ2) is 10.6. The van der Waals surface area contributed by atoms with Crippen LogP contribution in [0.4, 0.5) is 0 Å². The molecule has 0 saturated carbocycles. The molecule has 0 rings (SSSR count). The molecule has 0 saturated heterocycles. The van der Waals surface area contributed by atoms with Gasteiger partial charge in [-0.1, -0.05) is 27.7 Å². The van der Waals surface area contributed by atoms with Crippen molar-refractivity contribution in [3.05, 3.63) is 23.2 Å². The lowest BCUT2D eigenvalue weighted by Crippen LogP contribution is -2.09. The zero-order valence-electron chi connectivity index (χ0n) is 14.9. The number of aliphatic hydroxyl groups excluding tert-OH is 1. The Morgan fingerprint density at radius 2 is 1.61 bits per heavy atom. The van der Waals surface area contributed by atoms with Gasteiger partial charge in [0.1, 0.15) is 5.76 Å². The molecule has 0 spiro atoms. The van der Waals surface area contributed by atoms with E-state index < -0.39 is 13.6 Å². The number of esters is 1. The van der Waals surface area contributed by atoms with Gasteiger partial charge < -0.3 is 18.9 Å². The lowest BCUT2D eigenvalue weighted by molar-refractivity contribution is -0.138. The molecule has 0 amide bonds. The van der Waals surface area contributed by atoms with E-state index in [-0.39, 0.29) is 43.0 Å². The van der Waals surface area contributed by atoms with E-state index in [0.29, 0.717) is 0 Å². The van der Waals surface area contributed by atoms with Gasteiger partial charge >= 0.3 is 13.6 Å². The van der Waals surface area contributed by atoms with Crippen molar-refractivity contribution in [2.45, 2.75) is 41.5 Å². The fourth-order valence-electron chi connectivity index (χ4n) is 1.34. The van der Waals surface area contributed by atoms with Gasteiger partial charge in [0.05, 0.1) is 25.4 Å². The predicted molar refractivity (Wildman–Crippen MR) is 90.3 cm³/mol. The molecule has 0 aromatic heterocycles. The van der Waals surface area contributed by atoms with Crippen LogP contribution in [0.1, 0.15) is 41.5 Å². The summed E-state index contributed by atoms with van der Waals surface area (Å²) in [5, 5.41) is 9.60. The van der Waals surface area contributed by atoms with Crippen molar-refractivity contribution in [2.75, 3.05) is 19.8 Å². The molecule has 0 radical (unpaired) electrons. The number of hydrogen-bond acceptors (Lipinski definition) is 6. The molecule has 0 aliphatic heterocycles. The first-order valence-corrected chi connectivity index (χ1v) is 9.37. The van der Waals surface area contributed by atoms with E-state index >= 15 is 0 Å². The summed E-state index contributed by atoms with van der Waals surface area (Å²) in [6.45, 7) is 11.4. The lowest BCUT2D eigenvalue weighted by atomic mass is 10.2. The highest BCUT2D eigenvalue weighted by Gasteiger charge is 2.23. The number of carbonyl (C=O) groups excluding carboxylic acids is 1. The quantitative estimate of drug-likeness (QED) is 0.207. The number of rotatable bonds is 10. The Morgan fingerprint density at radius 1 is 1.13 bits per heavy atom. The van der Waals surface area contributed by atoms with E-state index in [9.17, 15) is 14.5 Å². The molecule has 6 nitrogen and oxygen atoms in total. The molecule has 0 aromatic carbocycles. The zero-order valence-corrected chi connectivity index (χ0v) is 15.8. The van der Waals surface area contributed by atoms with Crippen LogP contribution in [0.2, 0.25) is 0 Å². The van der Waals surface area contributed by atoms with Crippen molar-refractivity contribution in [1.82, 2.24) is 0 Å². The van der Waals surface area contributed by atoms with Crippen LogP contribution < -0.4 is 0 Å². The maximum atomic E-state index is 12.7. The Hall–Kier alpha value is -1.10. The predicted octanol–water partition coefficient (Wildman–Crippen LogP) is 4.43. The van der Waals surface area contributed by atoms with Crippen molar-refractivity contribution in [3.8, 4) is 0 Å². The molecule has 0 fully saturated rings. The molecule has 7 heteroatoms. The number of ether oxygens (including phenoxy) is 1. The molecule has 134 valence electrons. The summed E-state index contributed by atoms with van der Waals surface area (Å²) in [5.41, 5.74) is -0.0756. The molecular weight excluding hydrogens is 319 g/mol. The van der Waals surface area contributed by atoms with Gasteiger partial charge in [0.2, 0.25) is 0 Å². The van der Waals surface area contributed by atoms with E-state index in [4.69, 9.17) is 13.8 Å². The first kappa shape index (κ1) is 21.9. The summed E-state index contributed by atoms with van der Waals surface area (Å²) in [7, 11) is -3.51. The summed E-state index contributed by atoms with van der Waals surface area (Å²) in [4.78, 5) is 11.8. The summed E-state index contributed by atoms with van der Waals surface area (Å²) in [6.07, 6.45) is 1.23. The summed E-state index contributed by atoms with van der Waals surface area (Å²) < 4.78 is 28.4. The zero-order chi connectivity index (χ0) is 18.0. The lowest BCUT2D eigenvalue weighted by Gasteiger charge is -2.18. The third kappa shape index (κ3) is 9.59. The van der Waals surface area contributed by atoms with Gasteiger partial charge in [-0.25, -0.2) is 4.79 Å². The largest absolute Gasteiger partial charge is 0.512 e. The first-order valence-electron chi connectivity index (χ1n) is 7.76. The Labute approximate surface area is 139 Å². The van der Waals surface area contributed by atoms with Crippen LogP contribution in [0, 0.1) is 11.8 Å². The van der Waals surface area contributed by atoms with Crippen LogP contribution >= 0.6 is 7.60 Å². The molecule has 0 aliphatic rings. The van der Waals surface area contributed by atoms with Crippen molar-refractivity contribution in [1.29, 1.82) is 0 Å². The van der Waals surface area contributed by atoms with Gasteiger partial charge in [0.15, 0.2) is 0 Å². The summed E-state index contributed by atoms with van der Waals surface area (Å²) in [5.74, 6) is 0.643. The van der Waals surface area contributed by atoms with E-state index in [1.54, 1.807) is 6.92 Å². The number of allylic oxidation sites excluding steroid dienone is 1. The van der Waals surface area contributed by atoms with E-state index in [1.807, 2.05) is 27.7 Å². The van der Waals surface area contributed by atoms with Crippen LogP contribution in [-0.4, -0.2) is 30.9 Å². The topological polar surface area (TPSA) is 82.1 Å². The molecule has 23 heavy (non-hydrogen) atoms. The number of hydrogen-bond donors (Lipinski definition) is 1. The monoisotopic (exact) mass is 348 g/mol. The van der Waals surface area contributed by atoms with Gasteiger partial charge in [-0.15, -0.1) is 0 Å². The Balaban J connectivity index is 5.27. The molecule has 1 N–H and O–H groups in total. The normalized spacial score (nSPS) is 13.7. The number of aliphatic hydroxyl groups is 1. The van der Waals surface area contributed by atoms with Crippen LogP contribution in [0.3, 0.4) is 0 Å². The van der Waals surface area contributed by atoms with E-state index in [1.165, 1.54) is 18.8 Å². The molecular formula is C16H29O6P. The Morgan fingerprint density at radius 3 is 1.96 bits per heavy atom. The minimum absolute atomic E-state index is 0.0756. The SMILES string of the molecule is CCOC(=O)C(/C=C/P(=O)(OCC(C)C)OCC(C)C)=C(\C)O. The van der Waals surface area contributed by atoms with Crippen LogP contribution in [0.5, 0.6) is 0 Å².